The molecule has 0 saturated heterocycles. The first kappa shape index (κ1) is 17.6. The summed E-state index contributed by atoms with van der Waals surface area (Å²) in [6.07, 6.45) is 0.167. The van der Waals surface area contributed by atoms with E-state index in [0.717, 1.165) is 5.56 Å². The van der Waals surface area contributed by atoms with Crippen molar-refractivity contribution < 1.29 is 13.9 Å². The van der Waals surface area contributed by atoms with Crippen LogP contribution in [0.25, 0.3) is 0 Å². The molecule has 0 fully saturated rings. The van der Waals surface area contributed by atoms with Gasteiger partial charge in [0.25, 0.3) is 0 Å². The molecule has 0 aliphatic heterocycles. The summed E-state index contributed by atoms with van der Waals surface area (Å²) in [5.41, 5.74) is 1.41. The second-order valence-corrected chi connectivity index (χ2v) is 5.92. The second-order valence-electron chi connectivity index (χ2n) is 5.11. The Morgan fingerprint density at radius 2 is 1.96 bits per heavy atom. The van der Waals surface area contributed by atoms with Crippen molar-refractivity contribution in [3.05, 3.63) is 63.4 Å². The van der Waals surface area contributed by atoms with Crippen LogP contribution >= 0.6 is 23.2 Å². The predicted octanol–water partition coefficient (Wildman–Crippen LogP) is 4.56. The molecule has 0 aliphatic rings. The number of nitrogens with one attached hydrogen (secondary N) is 1. The Bertz CT molecular complexity index is 722. The molecule has 23 heavy (non-hydrogen) atoms. The third-order valence-electron chi connectivity index (χ3n) is 3.40. The van der Waals surface area contributed by atoms with Crippen molar-refractivity contribution in [3.63, 3.8) is 0 Å². The van der Waals surface area contributed by atoms with Gasteiger partial charge in [-0.05, 0) is 42.3 Å². The van der Waals surface area contributed by atoms with Crippen LogP contribution in [0, 0.1) is 5.82 Å². The Labute approximate surface area is 144 Å². The quantitative estimate of drug-likeness (QED) is 0.853. The molecule has 2 aromatic rings. The molecule has 0 aromatic heterocycles. The Kier molecular flexibility index (Phi) is 5.85. The van der Waals surface area contributed by atoms with E-state index in [2.05, 4.69) is 5.32 Å². The van der Waals surface area contributed by atoms with Crippen LogP contribution in [-0.4, -0.2) is 13.0 Å². The van der Waals surface area contributed by atoms with Crippen LogP contribution in [0.3, 0.4) is 0 Å². The molecular formula is C17H16Cl2FNO2. The van der Waals surface area contributed by atoms with Gasteiger partial charge in [0.2, 0.25) is 5.91 Å². The predicted molar refractivity (Wildman–Crippen MR) is 89.7 cm³/mol. The molecular weight excluding hydrogens is 340 g/mol. The van der Waals surface area contributed by atoms with Crippen molar-refractivity contribution in [2.45, 2.75) is 19.4 Å². The van der Waals surface area contributed by atoms with Crippen LogP contribution in [0.15, 0.2) is 36.4 Å². The number of amides is 1. The van der Waals surface area contributed by atoms with Crippen LogP contribution in [0.5, 0.6) is 5.75 Å². The molecule has 0 heterocycles. The summed E-state index contributed by atoms with van der Waals surface area (Å²) < 4.78 is 18.6. The van der Waals surface area contributed by atoms with E-state index >= 15 is 0 Å². The molecule has 0 bridgehead atoms. The van der Waals surface area contributed by atoms with Gasteiger partial charge >= 0.3 is 0 Å². The van der Waals surface area contributed by atoms with Crippen molar-refractivity contribution in [1.82, 2.24) is 5.32 Å². The maximum Gasteiger partial charge on any atom is 0.224 e. The highest BCUT2D eigenvalue weighted by Gasteiger charge is 2.13. The van der Waals surface area contributed by atoms with Crippen LogP contribution in [0.1, 0.15) is 24.1 Å². The maximum atomic E-state index is 13.7. The van der Waals surface area contributed by atoms with Crippen LogP contribution in [0.2, 0.25) is 10.0 Å². The van der Waals surface area contributed by atoms with Gasteiger partial charge in [0, 0.05) is 0 Å². The zero-order valence-electron chi connectivity index (χ0n) is 12.7. The number of methoxy groups -OCH3 is 1. The molecule has 0 saturated carbocycles. The minimum atomic E-state index is -0.462. The first-order chi connectivity index (χ1) is 10.9. The van der Waals surface area contributed by atoms with Gasteiger partial charge in [-0.2, -0.15) is 0 Å². The summed E-state index contributed by atoms with van der Waals surface area (Å²) in [5, 5.41) is 3.67. The fourth-order valence-corrected chi connectivity index (χ4v) is 2.48. The molecule has 122 valence electrons. The number of halogens is 3. The average Bonchev–Trinajstić information content (AvgIpc) is 2.50. The van der Waals surface area contributed by atoms with Gasteiger partial charge in [-0.3, -0.25) is 4.79 Å². The Morgan fingerprint density at radius 3 is 2.57 bits per heavy atom. The fourth-order valence-electron chi connectivity index (χ4n) is 2.16. The van der Waals surface area contributed by atoms with E-state index < -0.39 is 5.82 Å². The highest BCUT2D eigenvalue weighted by molar-refractivity contribution is 6.42. The second kappa shape index (κ2) is 7.66. The summed E-state index contributed by atoms with van der Waals surface area (Å²) >= 11 is 11.8. The number of carbonyl (C=O) groups excluding carboxylic acids is 1. The Hall–Kier alpha value is -1.78. The van der Waals surface area contributed by atoms with Crippen molar-refractivity contribution in [2.24, 2.45) is 0 Å². The standard InChI is InChI=1S/C17H16Cl2FNO2/c1-10(12-4-6-16(23-2)15(20)9-12)21-17(22)8-11-3-5-13(18)14(19)7-11/h3-7,9-10H,8H2,1-2H3,(H,21,22). The minimum absolute atomic E-state index is 0.167. The zero-order chi connectivity index (χ0) is 17.0. The zero-order valence-corrected chi connectivity index (χ0v) is 14.2. The lowest BCUT2D eigenvalue weighted by atomic mass is 10.1. The highest BCUT2D eigenvalue weighted by atomic mass is 35.5. The molecule has 1 atom stereocenters. The van der Waals surface area contributed by atoms with Crippen LogP contribution in [0.4, 0.5) is 4.39 Å². The first-order valence-corrected chi connectivity index (χ1v) is 7.73. The number of ether oxygens (including phenoxy) is 1. The van der Waals surface area contributed by atoms with E-state index in [1.807, 2.05) is 0 Å². The minimum Gasteiger partial charge on any atom is -0.494 e. The number of rotatable bonds is 5. The van der Waals surface area contributed by atoms with E-state index in [9.17, 15) is 9.18 Å². The Morgan fingerprint density at radius 1 is 1.22 bits per heavy atom. The van der Waals surface area contributed by atoms with Gasteiger partial charge in [-0.1, -0.05) is 35.3 Å². The molecule has 1 amide bonds. The van der Waals surface area contributed by atoms with Gasteiger partial charge in [-0.25, -0.2) is 4.39 Å². The largest absolute Gasteiger partial charge is 0.494 e. The van der Waals surface area contributed by atoms with Gasteiger partial charge in [0.15, 0.2) is 11.6 Å². The van der Waals surface area contributed by atoms with Crippen molar-refractivity contribution in [2.75, 3.05) is 7.11 Å². The first-order valence-electron chi connectivity index (χ1n) is 6.97. The number of hydrogen-bond acceptors (Lipinski definition) is 2. The molecule has 0 radical (unpaired) electrons. The van der Waals surface area contributed by atoms with E-state index in [4.69, 9.17) is 27.9 Å². The maximum absolute atomic E-state index is 13.7. The summed E-state index contributed by atoms with van der Waals surface area (Å²) in [5.74, 6) is -0.481. The van der Waals surface area contributed by atoms with E-state index in [0.29, 0.717) is 15.6 Å². The summed E-state index contributed by atoms with van der Waals surface area (Å²) in [4.78, 5) is 12.1. The average molecular weight is 356 g/mol. The lowest BCUT2D eigenvalue weighted by Crippen LogP contribution is -2.28. The molecule has 2 rings (SSSR count). The lowest BCUT2D eigenvalue weighted by Gasteiger charge is -2.15. The number of carbonyl (C=O) groups is 1. The van der Waals surface area contributed by atoms with Crippen molar-refractivity contribution in [3.8, 4) is 5.75 Å². The molecule has 0 spiro atoms. The highest BCUT2D eigenvalue weighted by Crippen LogP contribution is 2.24. The summed E-state index contributed by atoms with van der Waals surface area (Å²) in [6, 6.07) is 9.31. The third kappa shape index (κ3) is 4.60. The summed E-state index contributed by atoms with van der Waals surface area (Å²) in [7, 11) is 1.40. The number of benzene rings is 2. The van der Waals surface area contributed by atoms with Gasteiger partial charge in [-0.15, -0.1) is 0 Å². The smallest absolute Gasteiger partial charge is 0.224 e. The lowest BCUT2D eigenvalue weighted by molar-refractivity contribution is -0.121. The molecule has 1 N–H and O–H groups in total. The van der Waals surface area contributed by atoms with Crippen LogP contribution in [-0.2, 0) is 11.2 Å². The van der Waals surface area contributed by atoms with Crippen LogP contribution < -0.4 is 10.1 Å². The van der Waals surface area contributed by atoms with Gasteiger partial charge in [0.05, 0.1) is 29.6 Å². The number of hydrogen-bond donors (Lipinski definition) is 1. The van der Waals surface area contributed by atoms with Crippen molar-refractivity contribution in [1.29, 1.82) is 0 Å². The normalized spacial score (nSPS) is 11.9. The Balaban J connectivity index is 2.01. The van der Waals surface area contributed by atoms with E-state index in [-0.39, 0.29) is 24.1 Å². The molecule has 3 nitrogen and oxygen atoms in total. The van der Waals surface area contributed by atoms with E-state index in [1.54, 1.807) is 31.2 Å². The fraction of sp³-hybridized carbons (Fsp3) is 0.235. The monoisotopic (exact) mass is 355 g/mol. The van der Waals surface area contributed by atoms with E-state index in [1.165, 1.54) is 19.2 Å². The molecule has 0 aliphatic carbocycles. The van der Waals surface area contributed by atoms with Gasteiger partial charge < -0.3 is 10.1 Å². The summed E-state index contributed by atoms with van der Waals surface area (Å²) in [6.45, 7) is 1.79. The third-order valence-corrected chi connectivity index (χ3v) is 4.14. The molecule has 6 heteroatoms. The SMILES string of the molecule is COc1ccc(C(C)NC(=O)Cc2ccc(Cl)c(Cl)c2)cc1F. The topological polar surface area (TPSA) is 38.3 Å². The molecule has 1 unspecified atom stereocenters. The van der Waals surface area contributed by atoms with Gasteiger partial charge in [0.1, 0.15) is 0 Å². The van der Waals surface area contributed by atoms with Crippen molar-refractivity contribution >= 4 is 29.1 Å². The molecule has 2 aromatic carbocycles.